The van der Waals surface area contributed by atoms with Crippen LogP contribution in [0.3, 0.4) is 0 Å². The van der Waals surface area contributed by atoms with Crippen LogP contribution in [0.1, 0.15) is 25.8 Å². The number of nitrogens with zero attached hydrogens (tertiary/aromatic N) is 1. The lowest BCUT2D eigenvalue weighted by Gasteiger charge is -2.28. The second kappa shape index (κ2) is 12.1. The fraction of sp³-hybridized carbons (Fsp3) is 0.391. The van der Waals surface area contributed by atoms with Crippen molar-refractivity contribution >= 4 is 23.4 Å². The zero-order valence-electron chi connectivity index (χ0n) is 18.3. The summed E-state index contributed by atoms with van der Waals surface area (Å²) in [6.07, 6.45) is 0.810. The molecule has 8 heteroatoms. The van der Waals surface area contributed by atoms with Gasteiger partial charge in [-0.25, -0.2) is 0 Å². The van der Waals surface area contributed by atoms with Crippen molar-refractivity contribution in [2.75, 3.05) is 27.4 Å². The van der Waals surface area contributed by atoms with Gasteiger partial charge in [0, 0.05) is 36.3 Å². The van der Waals surface area contributed by atoms with Gasteiger partial charge in [0.15, 0.2) is 6.61 Å². The molecule has 2 aromatic carbocycles. The molecule has 0 bridgehead atoms. The number of hydrogen-bond donors (Lipinski definition) is 1. The summed E-state index contributed by atoms with van der Waals surface area (Å²) >= 11 is 5.96. The maximum Gasteiger partial charge on any atom is 0.261 e. The van der Waals surface area contributed by atoms with Crippen molar-refractivity contribution in [2.24, 2.45) is 0 Å². The van der Waals surface area contributed by atoms with Crippen LogP contribution in [-0.2, 0) is 16.1 Å². The molecule has 0 aliphatic heterocycles. The molecule has 2 amide bonds. The van der Waals surface area contributed by atoms with Crippen LogP contribution in [0.5, 0.6) is 17.2 Å². The maximum absolute atomic E-state index is 13.0. The van der Waals surface area contributed by atoms with Crippen LogP contribution in [0.2, 0.25) is 5.02 Å². The lowest BCUT2D eigenvalue weighted by atomic mass is 10.1. The molecule has 31 heavy (non-hydrogen) atoms. The number of methoxy groups -OCH3 is 2. The van der Waals surface area contributed by atoms with Crippen molar-refractivity contribution in [3.63, 3.8) is 0 Å². The Morgan fingerprint density at radius 1 is 1.03 bits per heavy atom. The number of amides is 2. The zero-order chi connectivity index (χ0) is 22.8. The molecule has 0 aliphatic carbocycles. The number of ether oxygens (including phenoxy) is 3. The van der Waals surface area contributed by atoms with Gasteiger partial charge in [0.1, 0.15) is 23.3 Å². The lowest BCUT2D eigenvalue weighted by molar-refractivity contribution is -0.142. The first-order valence-corrected chi connectivity index (χ1v) is 10.4. The van der Waals surface area contributed by atoms with E-state index < -0.39 is 6.04 Å². The zero-order valence-corrected chi connectivity index (χ0v) is 19.1. The van der Waals surface area contributed by atoms with Crippen LogP contribution in [0.25, 0.3) is 0 Å². The van der Waals surface area contributed by atoms with E-state index in [1.807, 2.05) is 19.1 Å². The van der Waals surface area contributed by atoms with Gasteiger partial charge in [0.05, 0.1) is 14.2 Å². The standard InChI is InChI=1S/C23H29ClN2O5/c1-5-10-25-23(28)16(2)26(14-17-6-8-18(24)9-7-17)22(27)15-31-21-12-19(29-3)11-20(13-21)30-4/h6-9,11-13,16H,5,10,14-15H2,1-4H3,(H,25,28)/t16-/m0/s1. The van der Waals surface area contributed by atoms with E-state index in [4.69, 9.17) is 25.8 Å². The predicted molar refractivity (Wildman–Crippen MR) is 120 cm³/mol. The molecule has 0 unspecified atom stereocenters. The van der Waals surface area contributed by atoms with Crippen molar-refractivity contribution in [3.05, 3.63) is 53.1 Å². The summed E-state index contributed by atoms with van der Waals surface area (Å²) in [5.41, 5.74) is 0.857. The third-order valence-electron chi connectivity index (χ3n) is 4.67. The normalized spacial score (nSPS) is 11.4. The second-order valence-corrected chi connectivity index (χ2v) is 7.39. The lowest BCUT2D eigenvalue weighted by Crippen LogP contribution is -2.49. The molecule has 0 heterocycles. The number of carbonyl (C=O) groups excluding carboxylic acids is 2. The minimum Gasteiger partial charge on any atom is -0.496 e. The van der Waals surface area contributed by atoms with Gasteiger partial charge >= 0.3 is 0 Å². The first-order chi connectivity index (χ1) is 14.9. The smallest absolute Gasteiger partial charge is 0.261 e. The average molecular weight is 449 g/mol. The van der Waals surface area contributed by atoms with Gasteiger partial charge in [0.25, 0.3) is 5.91 Å². The van der Waals surface area contributed by atoms with Gasteiger partial charge in [-0.05, 0) is 31.0 Å². The molecule has 2 aromatic rings. The van der Waals surface area contributed by atoms with Gasteiger partial charge in [-0.2, -0.15) is 0 Å². The van der Waals surface area contributed by atoms with Crippen molar-refractivity contribution in [1.29, 1.82) is 0 Å². The minimum absolute atomic E-state index is 0.216. The largest absolute Gasteiger partial charge is 0.496 e. The predicted octanol–water partition coefficient (Wildman–Crippen LogP) is 3.68. The van der Waals surface area contributed by atoms with E-state index in [0.717, 1.165) is 12.0 Å². The van der Waals surface area contributed by atoms with Crippen LogP contribution < -0.4 is 19.5 Å². The minimum atomic E-state index is -0.668. The van der Waals surface area contributed by atoms with Crippen LogP contribution >= 0.6 is 11.6 Å². The summed E-state index contributed by atoms with van der Waals surface area (Å²) in [5.74, 6) is 0.987. The van der Waals surface area contributed by atoms with Crippen LogP contribution in [0.4, 0.5) is 0 Å². The molecule has 168 valence electrons. The molecule has 0 saturated carbocycles. The number of carbonyl (C=O) groups is 2. The number of rotatable bonds is 11. The van der Waals surface area contributed by atoms with E-state index in [-0.39, 0.29) is 25.0 Å². The number of hydrogen-bond acceptors (Lipinski definition) is 5. The fourth-order valence-electron chi connectivity index (χ4n) is 2.86. The highest BCUT2D eigenvalue weighted by atomic mass is 35.5. The summed E-state index contributed by atoms with van der Waals surface area (Å²) in [4.78, 5) is 27.1. The van der Waals surface area contributed by atoms with E-state index in [1.54, 1.807) is 37.3 Å². The number of benzene rings is 2. The average Bonchev–Trinajstić information content (AvgIpc) is 2.79. The topological polar surface area (TPSA) is 77.1 Å². The molecule has 2 rings (SSSR count). The van der Waals surface area contributed by atoms with Crippen LogP contribution in [0.15, 0.2) is 42.5 Å². The molecule has 0 aromatic heterocycles. The Morgan fingerprint density at radius 3 is 2.16 bits per heavy atom. The van der Waals surface area contributed by atoms with E-state index in [9.17, 15) is 9.59 Å². The maximum atomic E-state index is 13.0. The van der Waals surface area contributed by atoms with Gasteiger partial charge in [-0.3, -0.25) is 9.59 Å². The molecule has 0 radical (unpaired) electrons. The van der Waals surface area contributed by atoms with Crippen molar-refractivity contribution in [3.8, 4) is 17.2 Å². The summed E-state index contributed by atoms with van der Waals surface area (Å²) < 4.78 is 16.2. The van der Waals surface area contributed by atoms with E-state index in [2.05, 4.69) is 5.32 Å². The molecular weight excluding hydrogens is 420 g/mol. The van der Waals surface area contributed by atoms with Crippen LogP contribution in [-0.4, -0.2) is 50.1 Å². The first kappa shape index (κ1) is 24.3. The van der Waals surface area contributed by atoms with Gasteiger partial charge < -0.3 is 24.4 Å². The van der Waals surface area contributed by atoms with E-state index in [1.165, 1.54) is 19.1 Å². The van der Waals surface area contributed by atoms with E-state index in [0.29, 0.717) is 28.8 Å². The summed E-state index contributed by atoms with van der Waals surface area (Å²) in [6.45, 7) is 4.23. The SMILES string of the molecule is CCCNC(=O)[C@H](C)N(Cc1ccc(Cl)cc1)C(=O)COc1cc(OC)cc(OC)c1. The first-order valence-electron chi connectivity index (χ1n) is 10.1. The van der Waals surface area contributed by atoms with Crippen molar-refractivity contribution < 1.29 is 23.8 Å². The van der Waals surface area contributed by atoms with Gasteiger partial charge in [0.2, 0.25) is 5.91 Å². The molecule has 0 fully saturated rings. The molecule has 0 aliphatic rings. The highest BCUT2D eigenvalue weighted by Gasteiger charge is 2.26. The summed E-state index contributed by atoms with van der Waals surface area (Å²) in [5, 5.41) is 3.44. The molecule has 0 saturated heterocycles. The number of nitrogens with one attached hydrogen (secondary N) is 1. The van der Waals surface area contributed by atoms with Crippen molar-refractivity contribution in [2.45, 2.75) is 32.9 Å². The Morgan fingerprint density at radius 2 is 1.61 bits per heavy atom. The third kappa shape index (κ3) is 7.36. The molecule has 7 nitrogen and oxygen atoms in total. The summed E-state index contributed by atoms with van der Waals surface area (Å²) in [6, 6.07) is 11.5. The fourth-order valence-corrected chi connectivity index (χ4v) is 2.98. The van der Waals surface area contributed by atoms with Crippen LogP contribution in [0, 0.1) is 0 Å². The Bertz CT molecular complexity index is 851. The highest BCUT2D eigenvalue weighted by molar-refractivity contribution is 6.30. The highest BCUT2D eigenvalue weighted by Crippen LogP contribution is 2.27. The molecule has 0 spiro atoms. The van der Waals surface area contributed by atoms with Gasteiger partial charge in [-0.1, -0.05) is 30.7 Å². The number of halogens is 1. The Balaban J connectivity index is 2.16. The third-order valence-corrected chi connectivity index (χ3v) is 4.92. The van der Waals surface area contributed by atoms with Crippen molar-refractivity contribution in [1.82, 2.24) is 10.2 Å². The molecule has 1 atom stereocenters. The molecular formula is C23H29ClN2O5. The Hall–Kier alpha value is -2.93. The van der Waals surface area contributed by atoms with E-state index >= 15 is 0 Å². The van der Waals surface area contributed by atoms with Gasteiger partial charge in [-0.15, -0.1) is 0 Å². The monoisotopic (exact) mass is 448 g/mol. The Kier molecular flexibility index (Phi) is 9.46. The Labute approximate surface area is 188 Å². The second-order valence-electron chi connectivity index (χ2n) is 6.95. The molecule has 1 N–H and O–H groups in total. The quantitative estimate of drug-likeness (QED) is 0.567. The summed E-state index contributed by atoms with van der Waals surface area (Å²) in [7, 11) is 3.07.